The van der Waals surface area contributed by atoms with Crippen LogP contribution in [0.5, 0.6) is 5.75 Å². The first-order chi connectivity index (χ1) is 16.9. The van der Waals surface area contributed by atoms with Crippen molar-refractivity contribution in [1.29, 1.82) is 0 Å². The maximum absolute atomic E-state index is 13.4. The van der Waals surface area contributed by atoms with Crippen molar-refractivity contribution in [2.45, 2.75) is 33.1 Å². The lowest BCUT2D eigenvalue weighted by molar-refractivity contribution is 0.0697. The minimum absolute atomic E-state index is 0.0795. The molecule has 0 saturated heterocycles. The Bertz CT molecular complexity index is 1550. The molecule has 0 amide bonds. The summed E-state index contributed by atoms with van der Waals surface area (Å²) in [5, 5.41) is 28.8. The number of hydrogen-bond donors (Lipinski definition) is 3. The third kappa shape index (κ3) is 4.40. The van der Waals surface area contributed by atoms with Crippen molar-refractivity contribution in [2.75, 3.05) is 0 Å². The SMILES string of the molecule is Cc1nc2nn(-c3ccc(Cl)c(C(=O)O)c3)cc2c(C(=NN)C(=O)c2ccc(C(C)(C)C)cc2)c1O. The molecule has 184 valence electrons. The van der Waals surface area contributed by atoms with E-state index in [1.165, 1.54) is 23.0 Å². The van der Waals surface area contributed by atoms with Gasteiger partial charge in [-0.1, -0.05) is 56.6 Å². The second kappa shape index (κ2) is 9.09. The average molecular weight is 506 g/mol. The van der Waals surface area contributed by atoms with E-state index < -0.39 is 11.8 Å². The van der Waals surface area contributed by atoms with Crippen LogP contribution in [0.4, 0.5) is 0 Å². The van der Waals surface area contributed by atoms with Gasteiger partial charge in [-0.2, -0.15) is 5.10 Å². The van der Waals surface area contributed by atoms with E-state index >= 15 is 0 Å². The Hall–Kier alpha value is -4.24. The zero-order valence-electron chi connectivity index (χ0n) is 20.1. The van der Waals surface area contributed by atoms with Gasteiger partial charge >= 0.3 is 5.97 Å². The number of ketones is 1. The number of aromatic hydroxyl groups is 1. The fourth-order valence-electron chi connectivity index (χ4n) is 3.83. The monoisotopic (exact) mass is 505 g/mol. The molecule has 4 rings (SSSR count). The van der Waals surface area contributed by atoms with Crippen molar-refractivity contribution < 1.29 is 19.8 Å². The summed E-state index contributed by atoms with van der Waals surface area (Å²) in [5.74, 6) is 3.74. The van der Waals surface area contributed by atoms with Gasteiger partial charge in [0.05, 0.1) is 32.9 Å². The number of aromatic nitrogens is 3. The number of nitrogens with zero attached hydrogens (tertiary/aromatic N) is 4. The van der Waals surface area contributed by atoms with Crippen LogP contribution < -0.4 is 5.84 Å². The molecule has 2 aromatic carbocycles. The molecule has 0 saturated carbocycles. The summed E-state index contributed by atoms with van der Waals surface area (Å²) in [6, 6.07) is 11.5. The maximum Gasteiger partial charge on any atom is 0.337 e. The Morgan fingerprint density at radius 1 is 1.11 bits per heavy atom. The van der Waals surface area contributed by atoms with E-state index in [1.807, 2.05) is 12.1 Å². The molecule has 4 aromatic rings. The number of hydrogen-bond acceptors (Lipinski definition) is 7. The number of carbonyl (C=O) groups is 2. The number of carboxylic acids is 1. The minimum atomic E-state index is -1.19. The lowest BCUT2D eigenvalue weighted by Crippen LogP contribution is -2.19. The van der Waals surface area contributed by atoms with Gasteiger partial charge in [-0.25, -0.2) is 14.5 Å². The number of carboxylic acid groups (broad SMARTS) is 1. The van der Waals surface area contributed by atoms with Gasteiger partial charge in [0.2, 0.25) is 5.78 Å². The fourth-order valence-corrected chi connectivity index (χ4v) is 4.03. The molecule has 2 aromatic heterocycles. The van der Waals surface area contributed by atoms with Crippen LogP contribution in [0.1, 0.15) is 58.3 Å². The lowest BCUT2D eigenvalue weighted by atomic mass is 9.86. The maximum atomic E-state index is 13.4. The Kier molecular flexibility index (Phi) is 6.28. The number of halogens is 1. The third-order valence-electron chi connectivity index (χ3n) is 5.86. The molecule has 4 N–H and O–H groups in total. The highest BCUT2D eigenvalue weighted by atomic mass is 35.5. The first-order valence-corrected chi connectivity index (χ1v) is 11.4. The number of carbonyl (C=O) groups excluding carboxylic acids is 1. The molecule has 0 aliphatic rings. The normalized spacial score (nSPS) is 12.2. The van der Waals surface area contributed by atoms with Gasteiger partial charge in [-0.05, 0) is 36.1 Å². The molecule has 0 spiro atoms. The second-order valence-corrected chi connectivity index (χ2v) is 9.74. The third-order valence-corrected chi connectivity index (χ3v) is 6.19. The summed E-state index contributed by atoms with van der Waals surface area (Å²) in [5.41, 5.74) is 1.98. The predicted molar refractivity (Wildman–Crippen MR) is 137 cm³/mol. The summed E-state index contributed by atoms with van der Waals surface area (Å²) in [6.45, 7) is 7.79. The van der Waals surface area contributed by atoms with Gasteiger partial charge in [0, 0.05) is 11.8 Å². The standard InChI is InChI=1S/C26H24ClN5O4/c1-13-22(33)20(21(30-28)23(34)14-5-7-15(8-6-14)26(2,3)4)18-12-32(31-24(18)29-13)16-9-10-19(27)17(11-16)25(35)36/h5-12,33H,28H2,1-4H3,(H,35,36). The number of pyridine rings is 1. The summed E-state index contributed by atoms with van der Waals surface area (Å²) < 4.78 is 1.39. The molecule has 10 heteroatoms. The highest BCUT2D eigenvalue weighted by molar-refractivity contribution is 6.53. The zero-order chi connectivity index (χ0) is 26.4. The number of nitrogens with two attached hydrogens (primary N) is 1. The highest BCUT2D eigenvalue weighted by Crippen LogP contribution is 2.31. The van der Waals surface area contributed by atoms with Crippen molar-refractivity contribution in [2.24, 2.45) is 10.9 Å². The van der Waals surface area contributed by atoms with Gasteiger partial charge in [0.1, 0.15) is 11.5 Å². The first kappa shape index (κ1) is 24.9. The first-order valence-electron chi connectivity index (χ1n) is 11.0. The molecule has 9 nitrogen and oxygen atoms in total. The van der Waals surface area contributed by atoms with E-state index in [-0.39, 0.29) is 44.4 Å². The number of hydrazone groups is 1. The van der Waals surface area contributed by atoms with Gasteiger partial charge in [-0.3, -0.25) is 4.79 Å². The summed E-state index contributed by atoms with van der Waals surface area (Å²) >= 11 is 5.99. The molecular formula is C26H24ClN5O4. The van der Waals surface area contributed by atoms with Crippen LogP contribution in [-0.4, -0.2) is 42.4 Å². The number of aryl methyl sites for hydroxylation is 1. The van der Waals surface area contributed by atoms with Crippen LogP contribution in [0.25, 0.3) is 16.7 Å². The molecule has 0 unspecified atom stereocenters. The summed E-state index contributed by atoms with van der Waals surface area (Å²) in [7, 11) is 0. The number of aromatic carboxylic acids is 1. The van der Waals surface area contributed by atoms with E-state index in [0.717, 1.165) is 5.56 Å². The van der Waals surface area contributed by atoms with E-state index in [1.54, 1.807) is 25.1 Å². The lowest BCUT2D eigenvalue weighted by Gasteiger charge is -2.19. The smallest absolute Gasteiger partial charge is 0.337 e. The Morgan fingerprint density at radius 3 is 2.36 bits per heavy atom. The highest BCUT2D eigenvalue weighted by Gasteiger charge is 2.26. The zero-order valence-corrected chi connectivity index (χ0v) is 20.8. The number of fused-ring (bicyclic) bond motifs is 1. The van der Waals surface area contributed by atoms with Gasteiger partial charge in [0.25, 0.3) is 0 Å². The van der Waals surface area contributed by atoms with Gasteiger partial charge in [0.15, 0.2) is 5.65 Å². The quantitative estimate of drug-likeness (QED) is 0.155. The van der Waals surface area contributed by atoms with Gasteiger partial charge in [-0.15, -0.1) is 5.10 Å². The van der Waals surface area contributed by atoms with Crippen LogP contribution in [0, 0.1) is 6.92 Å². The number of benzene rings is 2. The van der Waals surface area contributed by atoms with Crippen molar-refractivity contribution in [1.82, 2.24) is 14.8 Å². The van der Waals surface area contributed by atoms with Crippen molar-refractivity contribution in [3.63, 3.8) is 0 Å². The molecular weight excluding hydrogens is 482 g/mol. The Labute approximate surface area is 211 Å². The minimum Gasteiger partial charge on any atom is -0.505 e. The van der Waals surface area contributed by atoms with Crippen LogP contribution in [0.15, 0.2) is 53.8 Å². The van der Waals surface area contributed by atoms with Crippen LogP contribution in [0.3, 0.4) is 0 Å². The summed E-state index contributed by atoms with van der Waals surface area (Å²) in [6.07, 6.45) is 1.52. The largest absolute Gasteiger partial charge is 0.505 e. The number of rotatable bonds is 5. The fraction of sp³-hybridized carbons (Fsp3) is 0.192. The molecule has 0 aliphatic heterocycles. The predicted octanol–water partition coefficient (Wildman–Crippen LogP) is 4.63. The van der Waals surface area contributed by atoms with Crippen LogP contribution in [0.2, 0.25) is 5.02 Å². The van der Waals surface area contributed by atoms with E-state index in [9.17, 15) is 19.8 Å². The molecule has 0 radical (unpaired) electrons. The van der Waals surface area contributed by atoms with E-state index in [0.29, 0.717) is 16.6 Å². The van der Waals surface area contributed by atoms with E-state index in [2.05, 4.69) is 36.0 Å². The molecule has 0 bridgehead atoms. The molecule has 36 heavy (non-hydrogen) atoms. The van der Waals surface area contributed by atoms with Crippen molar-refractivity contribution >= 4 is 40.1 Å². The Morgan fingerprint density at radius 2 is 1.78 bits per heavy atom. The Balaban J connectivity index is 1.85. The van der Waals surface area contributed by atoms with Crippen molar-refractivity contribution in [3.05, 3.63) is 81.6 Å². The van der Waals surface area contributed by atoms with Crippen molar-refractivity contribution in [3.8, 4) is 11.4 Å². The topological polar surface area (TPSA) is 144 Å². The second-order valence-electron chi connectivity index (χ2n) is 9.34. The molecule has 0 aliphatic carbocycles. The average Bonchev–Trinajstić information content (AvgIpc) is 3.24. The number of Topliss-reactive ketones (excluding diaryl/α,β-unsaturated/α-hetero) is 1. The molecule has 2 heterocycles. The summed E-state index contributed by atoms with van der Waals surface area (Å²) in [4.78, 5) is 29.2. The van der Waals surface area contributed by atoms with Crippen LogP contribution >= 0.6 is 11.6 Å². The van der Waals surface area contributed by atoms with E-state index in [4.69, 9.17) is 17.4 Å². The molecule has 0 atom stereocenters. The van der Waals surface area contributed by atoms with Gasteiger partial charge < -0.3 is 16.1 Å². The van der Waals surface area contributed by atoms with Crippen LogP contribution in [-0.2, 0) is 5.41 Å². The molecule has 0 fully saturated rings.